The highest BCUT2D eigenvalue weighted by molar-refractivity contribution is 5.81. The minimum absolute atomic E-state index is 0.0213. The molecule has 0 bridgehead atoms. The summed E-state index contributed by atoms with van der Waals surface area (Å²) in [5, 5.41) is 23.3. The molecule has 0 aliphatic heterocycles. The molecule has 2 atom stereocenters. The molecule has 0 fully saturated rings. The molecule has 2 N–H and O–H groups in total. The lowest BCUT2D eigenvalue weighted by molar-refractivity contribution is -0.142. The molecule has 8 nitrogen and oxygen atoms in total. The monoisotopic (exact) mass is 377 g/mol. The normalized spacial score (nSPS) is 13.4. The summed E-state index contributed by atoms with van der Waals surface area (Å²) in [7, 11) is 0. The number of hydrogen-bond acceptors (Lipinski definition) is 5. The largest absolute Gasteiger partial charge is 0.481 e. The Bertz CT molecular complexity index is 776. The highest BCUT2D eigenvalue weighted by Crippen LogP contribution is 2.17. The standard InChI is InChI=1S/C18H24FN5O3/c1-11(2)8-14(18(26)27)10-20-17(25)16(24-12(3)21-22-23-24)9-13-4-6-15(19)7-5-13/h4-7,11,14,16H,8-10H2,1-3H3,(H,20,25)(H,26,27). The van der Waals surface area contributed by atoms with Gasteiger partial charge in [0.05, 0.1) is 5.92 Å². The molecular formula is C18H24FN5O3. The summed E-state index contributed by atoms with van der Waals surface area (Å²) in [6.07, 6.45) is 0.710. The lowest BCUT2D eigenvalue weighted by Gasteiger charge is -2.20. The van der Waals surface area contributed by atoms with Crippen LogP contribution in [0.25, 0.3) is 0 Å². The third kappa shape index (κ3) is 5.83. The first-order chi connectivity index (χ1) is 12.8. The molecule has 27 heavy (non-hydrogen) atoms. The highest BCUT2D eigenvalue weighted by atomic mass is 19.1. The number of benzene rings is 1. The molecular weight excluding hydrogens is 353 g/mol. The SMILES string of the molecule is Cc1nnnn1C(Cc1ccc(F)cc1)C(=O)NCC(CC(C)C)C(=O)O. The number of halogens is 1. The van der Waals surface area contributed by atoms with Crippen LogP contribution in [0.15, 0.2) is 24.3 Å². The zero-order valence-electron chi connectivity index (χ0n) is 15.6. The predicted molar refractivity (Wildman–Crippen MR) is 95.3 cm³/mol. The van der Waals surface area contributed by atoms with Crippen LogP contribution in [0.3, 0.4) is 0 Å². The minimum Gasteiger partial charge on any atom is -0.481 e. The summed E-state index contributed by atoms with van der Waals surface area (Å²) in [5.74, 6) is -1.72. The van der Waals surface area contributed by atoms with E-state index in [1.165, 1.54) is 16.8 Å². The number of rotatable bonds is 9. The number of aryl methyl sites for hydroxylation is 1. The molecule has 1 aromatic heterocycles. The Kier molecular flexibility index (Phi) is 6.98. The lowest BCUT2D eigenvalue weighted by atomic mass is 9.97. The Labute approximate surface area is 156 Å². The van der Waals surface area contributed by atoms with Crippen LogP contribution in [0.5, 0.6) is 0 Å². The van der Waals surface area contributed by atoms with Gasteiger partial charge in [0.2, 0.25) is 5.91 Å². The van der Waals surface area contributed by atoms with Gasteiger partial charge in [0.1, 0.15) is 17.7 Å². The van der Waals surface area contributed by atoms with Gasteiger partial charge in [-0.2, -0.15) is 0 Å². The Morgan fingerprint density at radius 3 is 2.44 bits per heavy atom. The topological polar surface area (TPSA) is 110 Å². The van der Waals surface area contributed by atoms with Crippen molar-refractivity contribution in [2.45, 2.75) is 39.7 Å². The number of carboxylic acids is 1. The van der Waals surface area contributed by atoms with Gasteiger partial charge in [-0.3, -0.25) is 9.59 Å². The van der Waals surface area contributed by atoms with E-state index < -0.39 is 17.9 Å². The highest BCUT2D eigenvalue weighted by Gasteiger charge is 2.26. The molecule has 1 amide bonds. The van der Waals surface area contributed by atoms with Gasteiger partial charge in [0.25, 0.3) is 0 Å². The average Bonchev–Trinajstić information content (AvgIpc) is 3.03. The molecule has 0 aliphatic rings. The second-order valence-corrected chi connectivity index (χ2v) is 6.93. The van der Waals surface area contributed by atoms with Crippen molar-refractivity contribution in [3.8, 4) is 0 Å². The van der Waals surface area contributed by atoms with Crippen LogP contribution < -0.4 is 5.32 Å². The van der Waals surface area contributed by atoms with E-state index >= 15 is 0 Å². The summed E-state index contributed by atoms with van der Waals surface area (Å²) in [6.45, 7) is 5.55. The van der Waals surface area contributed by atoms with Crippen LogP contribution in [-0.4, -0.2) is 43.7 Å². The number of hydrogen-bond donors (Lipinski definition) is 2. The van der Waals surface area contributed by atoms with Gasteiger partial charge in [-0.1, -0.05) is 26.0 Å². The second-order valence-electron chi connectivity index (χ2n) is 6.93. The van der Waals surface area contributed by atoms with E-state index in [2.05, 4.69) is 20.8 Å². The molecule has 9 heteroatoms. The molecule has 146 valence electrons. The van der Waals surface area contributed by atoms with Crippen molar-refractivity contribution < 1.29 is 19.1 Å². The van der Waals surface area contributed by atoms with E-state index in [0.717, 1.165) is 5.56 Å². The van der Waals surface area contributed by atoms with Crippen molar-refractivity contribution in [1.29, 1.82) is 0 Å². The first kappa shape index (κ1) is 20.5. The Morgan fingerprint density at radius 1 is 1.26 bits per heavy atom. The maximum Gasteiger partial charge on any atom is 0.308 e. The summed E-state index contributed by atoms with van der Waals surface area (Å²) >= 11 is 0. The van der Waals surface area contributed by atoms with Gasteiger partial charge in [0.15, 0.2) is 0 Å². The van der Waals surface area contributed by atoms with Gasteiger partial charge in [0, 0.05) is 13.0 Å². The van der Waals surface area contributed by atoms with Gasteiger partial charge in [-0.25, -0.2) is 9.07 Å². The summed E-state index contributed by atoms with van der Waals surface area (Å²) in [4.78, 5) is 24.2. The van der Waals surface area contributed by atoms with E-state index in [1.807, 2.05) is 13.8 Å². The fraction of sp³-hybridized carbons (Fsp3) is 0.500. The molecule has 0 spiro atoms. The van der Waals surface area contributed by atoms with Crippen LogP contribution in [0.1, 0.15) is 37.7 Å². The van der Waals surface area contributed by atoms with E-state index in [-0.39, 0.29) is 30.6 Å². The number of aromatic nitrogens is 4. The van der Waals surface area contributed by atoms with E-state index in [1.54, 1.807) is 19.1 Å². The van der Waals surface area contributed by atoms with Gasteiger partial charge in [-0.05, 0) is 47.4 Å². The Hall–Kier alpha value is -2.84. The molecule has 0 saturated carbocycles. The summed E-state index contributed by atoms with van der Waals surface area (Å²) in [5.41, 5.74) is 0.739. The number of carbonyl (C=O) groups is 2. The molecule has 0 aliphatic carbocycles. The Balaban J connectivity index is 2.15. The molecule has 1 heterocycles. The first-order valence-corrected chi connectivity index (χ1v) is 8.77. The van der Waals surface area contributed by atoms with E-state index in [4.69, 9.17) is 0 Å². The fourth-order valence-corrected chi connectivity index (χ4v) is 2.84. The van der Waals surface area contributed by atoms with Crippen LogP contribution in [-0.2, 0) is 16.0 Å². The second kappa shape index (κ2) is 9.20. The minimum atomic E-state index is -0.947. The first-order valence-electron chi connectivity index (χ1n) is 8.77. The zero-order valence-corrected chi connectivity index (χ0v) is 15.6. The van der Waals surface area contributed by atoms with Gasteiger partial charge < -0.3 is 10.4 Å². The molecule has 0 radical (unpaired) electrons. The third-order valence-electron chi connectivity index (χ3n) is 4.23. The van der Waals surface area contributed by atoms with Crippen molar-refractivity contribution in [1.82, 2.24) is 25.5 Å². The number of tetrazole rings is 1. The van der Waals surface area contributed by atoms with E-state index in [0.29, 0.717) is 12.2 Å². The number of carboxylic acid groups (broad SMARTS) is 1. The van der Waals surface area contributed by atoms with Crippen LogP contribution in [0.2, 0.25) is 0 Å². The maximum absolute atomic E-state index is 13.1. The smallest absolute Gasteiger partial charge is 0.308 e. The van der Waals surface area contributed by atoms with Crippen molar-refractivity contribution in [3.63, 3.8) is 0 Å². The maximum atomic E-state index is 13.1. The van der Waals surface area contributed by atoms with Crippen LogP contribution in [0, 0.1) is 24.6 Å². The van der Waals surface area contributed by atoms with E-state index in [9.17, 15) is 19.1 Å². The zero-order chi connectivity index (χ0) is 20.0. The predicted octanol–water partition coefficient (Wildman–Crippen LogP) is 1.77. The summed E-state index contributed by atoms with van der Waals surface area (Å²) < 4.78 is 14.5. The Morgan fingerprint density at radius 2 is 1.93 bits per heavy atom. The number of amides is 1. The van der Waals surface area contributed by atoms with Gasteiger partial charge in [-0.15, -0.1) is 5.10 Å². The van der Waals surface area contributed by atoms with Crippen molar-refractivity contribution in [2.75, 3.05) is 6.54 Å². The average molecular weight is 377 g/mol. The van der Waals surface area contributed by atoms with Crippen molar-refractivity contribution >= 4 is 11.9 Å². The molecule has 2 aromatic rings. The van der Waals surface area contributed by atoms with Crippen molar-refractivity contribution in [2.24, 2.45) is 11.8 Å². The van der Waals surface area contributed by atoms with Crippen molar-refractivity contribution in [3.05, 3.63) is 41.5 Å². The molecule has 1 aromatic carbocycles. The van der Waals surface area contributed by atoms with Gasteiger partial charge >= 0.3 is 5.97 Å². The molecule has 2 unspecified atom stereocenters. The number of aliphatic carboxylic acids is 1. The summed E-state index contributed by atoms with van der Waals surface area (Å²) in [6, 6.07) is 5.06. The molecule has 0 saturated heterocycles. The van der Waals surface area contributed by atoms with Crippen LogP contribution in [0.4, 0.5) is 4.39 Å². The lowest BCUT2D eigenvalue weighted by Crippen LogP contribution is -2.39. The number of nitrogens with zero attached hydrogens (tertiary/aromatic N) is 4. The quantitative estimate of drug-likeness (QED) is 0.689. The van der Waals surface area contributed by atoms with Crippen LogP contribution >= 0.6 is 0 Å². The number of carbonyl (C=O) groups excluding carboxylic acids is 1. The third-order valence-corrected chi connectivity index (χ3v) is 4.23. The number of nitrogens with one attached hydrogen (secondary N) is 1. The molecule has 2 rings (SSSR count). The fourth-order valence-electron chi connectivity index (χ4n) is 2.84.